The number of hydrogen-bond acceptors (Lipinski definition) is 6. The summed E-state index contributed by atoms with van der Waals surface area (Å²) in [7, 11) is 0. The van der Waals surface area contributed by atoms with E-state index in [9.17, 15) is 23.1 Å². The highest BCUT2D eigenvalue weighted by atomic mass is 19.4. The van der Waals surface area contributed by atoms with E-state index in [0.717, 1.165) is 23.8 Å². The third kappa shape index (κ3) is 5.92. The van der Waals surface area contributed by atoms with Crippen LogP contribution < -0.4 is 14.2 Å². The molecule has 2 heterocycles. The number of fused-ring (bicyclic) bond motifs is 2. The molecule has 6 rings (SSSR count). The van der Waals surface area contributed by atoms with E-state index >= 15 is 8.78 Å². The monoisotopic (exact) mass is 620 g/mol. The second kappa shape index (κ2) is 11.6. The van der Waals surface area contributed by atoms with Gasteiger partial charge in [0.1, 0.15) is 29.8 Å². The fourth-order valence-electron chi connectivity index (χ4n) is 6.17. The van der Waals surface area contributed by atoms with Gasteiger partial charge in [-0.05, 0) is 59.4 Å². The molecule has 2 atom stereocenters. The average Bonchev–Trinajstić information content (AvgIpc) is 3.55. The van der Waals surface area contributed by atoms with Crippen LogP contribution in [0.5, 0.6) is 17.2 Å². The SMILES string of the molecule is O=C(O)CC1COc2cc(OC3CCc4c3ccc(C(F)(F)F)c4-c3cc(F)c(OCC4(O)CCOCC4)c(F)c3)ccc21. The van der Waals surface area contributed by atoms with Crippen LogP contribution in [0.3, 0.4) is 0 Å². The van der Waals surface area contributed by atoms with Crippen LogP contribution in [0.1, 0.15) is 60.0 Å². The van der Waals surface area contributed by atoms with Gasteiger partial charge in [-0.1, -0.05) is 12.1 Å². The van der Waals surface area contributed by atoms with Crippen molar-refractivity contribution in [2.45, 2.75) is 55.9 Å². The van der Waals surface area contributed by atoms with Crippen LogP contribution in [0.4, 0.5) is 22.0 Å². The molecule has 1 saturated heterocycles. The van der Waals surface area contributed by atoms with Crippen molar-refractivity contribution in [2.24, 2.45) is 0 Å². The summed E-state index contributed by atoms with van der Waals surface area (Å²) in [6, 6.07) is 8.85. The summed E-state index contributed by atoms with van der Waals surface area (Å²) in [5.74, 6) is -3.52. The molecule has 0 aromatic heterocycles. The second-order valence-corrected chi connectivity index (χ2v) is 11.4. The zero-order chi connectivity index (χ0) is 31.2. The fraction of sp³-hybridized carbons (Fsp3) is 0.406. The number of aliphatic carboxylic acids is 1. The number of carbonyl (C=O) groups is 1. The molecule has 0 saturated carbocycles. The fourth-order valence-corrected chi connectivity index (χ4v) is 6.17. The zero-order valence-electron chi connectivity index (χ0n) is 23.4. The lowest BCUT2D eigenvalue weighted by atomic mass is 9.91. The van der Waals surface area contributed by atoms with E-state index in [1.54, 1.807) is 18.2 Å². The first kappa shape index (κ1) is 30.1. The van der Waals surface area contributed by atoms with Gasteiger partial charge >= 0.3 is 12.1 Å². The van der Waals surface area contributed by atoms with Crippen LogP contribution in [0.15, 0.2) is 42.5 Å². The number of hydrogen-bond donors (Lipinski definition) is 2. The molecular weight excluding hydrogens is 591 g/mol. The molecule has 7 nitrogen and oxygen atoms in total. The highest BCUT2D eigenvalue weighted by molar-refractivity contribution is 5.75. The largest absolute Gasteiger partial charge is 0.492 e. The van der Waals surface area contributed by atoms with Crippen molar-refractivity contribution >= 4 is 5.97 Å². The van der Waals surface area contributed by atoms with E-state index < -0.39 is 53.4 Å². The Morgan fingerprint density at radius 1 is 1.02 bits per heavy atom. The van der Waals surface area contributed by atoms with E-state index in [4.69, 9.17) is 24.1 Å². The van der Waals surface area contributed by atoms with Gasteiger partial charge in [0.25, 0.3) is 0 Å². The maximum Gasteiger partial charge on any atom is 0.417 e. The number of alkyl halides is 3. The highest BCUT2D eigenvalue weighted by Gasteiger charge is 2.39. The van der Waals surface area contributed by atoms with Crippen LogP contribution >= 0.6 is 0 Å². The van der Waals surface area contributed by atoms with E-state index in [-0.39, 0.29) is 68.1 Å². The molecule has 12 heteroatoms. The van der Waals surface area contributed by atoms with E-state index in [0.29, 0.717) is 23.5 Å². The van der Waals surface area contributed by atoms with Crippen LogP contribution in [-0.2, 0) is 22.1 Å². The molecular formula is C32H29F5O7. The summed E-state index contributed by atoms with van der Waals surface area (Å²) >= 11 is 0. The van der Waals surface area contributed by atoms with Gasteiger partial charge in [0.15, 0.2) is 17.4 Å². The number of benzene rings is 3. The Kier molecular flexibility index (Phi) is 7.91. The molecule has 3 aromatic rings. The van der Waals surface area contributed by atoms with Gasteiger partial charge in [-0.25, -0.2) is 8.78 Å². The predicted octanol–water partition coefficient (Wildman–Crippen LogP) is 6.59. The molecule has 2 N–H and O–H groups in total. The number of rotatable bonds is 8. The van der Waals surface area contributed by atoms with Gasteiger partial charge in [0.2, 0.25) is 0 Å². The smallest absolute Gasteiger partial charge is 0.417 e. The van der Waals surface area contributed by atoms with Crippen molar-refractivity contribution in [1.82, 2.24) is 0 Å². The Labute approximate surface area is 249 Å². The number of ether oxygens (including phenoxy) is 4. The lowest BCUT2D eigenvalue weighted by Crippen LogP contribution is -2.41. The first-order chi connectivity index (χ1) is 20.9. The van der Waals surface area contributed by atoms with Crippen LogP contribution in [0, 0.1) is 11.6 Å². The highest BCUT2D eigenvalue weighted by Crippen LogP contribution is 2.48. The molecule has 1 fully saturated rings. The first-order valence-corrected chi connectivity index (χ1v) is 14.2. The summed E-state index contributed by atoms with van der Waals surface area (Å²) in [4.78, 5) is 11.1. The summed E-state index contributed by atoms with van der Waals surface area (Å²) in [5.41, 5.74) is -1.52. The topological polar surface area (TPSA) is 94.5 Å². The van der Waals surface area contributed by atoms with Crippen molar-refractivity contribution in [3.63, 3.8) is 0 Å². The molecule has 2 aliphatic heterocycles. The van der Waals surface area contributed by atoms with Crippen LogP contribution in [0.25, 0.3) is 11.1 Å². The Hall–Kier alpha value is -3.90. The van der Waals surface area contributed by atoms with Crippen LogP contribution in [0.2, 0.25) is 0 Å². The van der Waals surface area contributed by atoms with Gasteiger partial charge in [0.05, 0.1) is 18.6 Å². The minimum absolute atomic E-state index is 0.0839. The van der Waals surface area contributed by atoms with Gasteiger partial charge in [-0.3, -0.25) is 4.79 Å². The summed E-state index contributed by atoms with van der Waals surface area (Å²) in [5, 5.41) is 19.7. The minimum Gasteiger partial charge on any atom is -0.492 e. The number of halogens is 5. The Morgan fingerprint density at radius 3 is 2.41 bits per heavy atom. The summed E-state index contributed by atoms with van der Waals surface area (Å²) < 4.78 is 95.3. The lowest BCUT2D eigenvalue weighted by Gasteiger charge is -2.31. The quantitative estimate of drug-likeness (QED) is 0.275. The van der Waals surface area contributed by atoms with E-state index in [1.807, 2.05) is 0 Å². The van der Waals surface area contributed by atoms with E-state index in [1.165, 1.54) is 6.07 Å². The summed E-state index contributed by atoms with van der Waals surface area (Å²) in [6.45, 7) is 0.349. The third-order valence-electron chi connectivity index (χ3n) is 8.42. The molecule has 234 valence electrons. The maximum absolute atomic E-state index is 15.2. The van der Waals surface area contributed by atoms with Crippen LogP contribution in [-0.4, -0.2) is 48.2 Å². The summed E-state index contributed by atoms with van der Waals surface area (Å²) in [6.07, 6.45) is -4.62. The molecule has 44 heavy (non-hydrogen) atoms. The average molecular weight is 621 g/mol. The number of aliphatic hydroxyl groups is 1. The van der Waals surface area contributed by atoms with Crippen molar-refractivity contribution in [2.75, 3.05) is 26.4 Å². The molecule has 3 aliphatic rings. The molecule has 2 unspecified atom stereocenters. The Bertz CT molecular complexity index is 1560. The normalized spacial score (nSPS) is 20.5. The Balaban J connectivity index is 1.29. The van der Waals surface area contributed by atoms with Gasteiger partial charge in [-0.15, -0.1) is 0 Å². The maximum atomic E-state index is 15.2. The van der Waals surface area contributed by atoms with Crippen molar-refractivity contribution in [3.05, 3.63) is 76.4 Å². The van der Waals surface area contributed by atoms with Gasteiger partial charge in [-0.2, -0.15) is 13.2 Å². The first-order valence-electron chi connectivity index (χ1n) is 14.2. The predicted molar refractivity (Wildman–Crippen MR) is 146 cm³/mol. The number of carboxylic acid groups (broad SMARTS) is 1. The lowest BCUT2D eigenvalue weighted by molar-refractivity contribution is -0.138. The molecule has 0 spiro atoms. The van der Waals surface area contributed by atoms with E-state index in [2.05, 4.69) is 0 Å². The van der Waals surface area contributed by atoms with Crippen molar-refractivity contribution in [3.8, 4) is 28.4 Å². The van der Waals surface area contributed by atoms with Crippen molar-refractivity contribution in [1.29, 1.82) is 0 Å². The Morgan fingerprint density at radius 2 is 1.73 bits per heavy atom. The zero-order valence-corrected chi connectivity index (χ0v) is 23.4. The molecule has 3 aromatic carbocycles. The van der Waals surface area contributed by atoms with Gasteiger partial charge < -0.3 is 29.2 Å². The minimum atomic E-state index is -4.80. The second-order valence-electron chi connectivity index (χ2n) is 11.4. The molecule has 0 bridgehead atoms. The molecule has 0 amide bonds. The number of carboxylic acids is 1. The van der Waals surface area contributed by atoms with Crippen molar-refractivity contribution < 1.29 is 55.9 Å². The standard InChI is InChI=1S/C32H29F5O7/c33-24-11-17(12-25(34)30(24)43-16-31(40)7-9-41-10-8-31)29-22-4-6-26(21(22)3-5-23(29)32(35,36)37)44-19-1-2-20-18(13-28(38)39)15-42-27(20)14-19/h1-3,5,11-12,14,18,26,40H,4,6-10,13,15-16H2,(H,38,39). The third-order valence-corrected chi connectivity index (χ3v) is 8.42. The molecule has 0 radical (unpaired) electrons. The van der Waals surface area contributed by atoms with Gasteiger partial charge in [0, 0.05) is 43.6 Å². The molecule has 1 aliphatic carbocycles.